The van der Waals surface area contributed by atoms with Gasteiger partial charge >= 0.3 is 0 Å². The van der Waals surface area contributed by atoms with E-state index in [1.165, 1.54) is 0 Å². The number of rotatable bonds is 3. The summed E-state index contributed by atoms with van der Waals surface area (Å²) in [7, 11) is 0. The molecule has 2 aliphatic rings. The van der Waals surface area contributed by atoms with Crippen LogP contribution >= 0.6 is 46.4 Å². The van der Waals surface area contributed by atoms with Gasteiger partial charge in [0.05, 0.1) is 21.8 Å². The molecule has 3 aromatic carbocycles. The van der Waals surface area contributed by atoms with E-state index in [2.05, 4.69) is 0 Å². The molecule has 0 bridgehead atoms. The van der Waals surface area contributed by atoms with Gasteiger partial charge in [-0.25, -0.2) is 5.01 Å². The van der Waals surface area contributed by atoms with Gasteiger partial charge in [0.15, 0.2) is 5.76 Å². The summed E-state index contributed by atoms with van der Waals surface area (Å²) in [4.78, 5) is 0. The third-order valence-corrected chi connectivity index (χ3v) is 7.08. The van der Waals surface area contributed by atoms with Gasteiger partial charge in [0.1, 0.15) is 11.5 Å². The molecule has 0 saturated carbocycles. The molecule has 2 unspecified atom stereocenters. The molecule has 0 N–H and O–H groups in total. The van der Waals surface area contributed by atoms with Crippen molar-refractivity contribution in [1.82, 2.24) is 5.01 Å². The van der Waals surface area contributed by atoms with Crippen LogP contribution in [0, 0.1) is 0 Å². The van der Waals surface area contributed by atoms with Crippen LogP contribution in [0.3, 0.4) is 0 Å². The first-order valence-corrected chi connectivity index (χ1v) is 12.1. The van der Waals surface area contributed by atoms with Crippen LogP contribution in [0.25, 0.3) is 11.3 Å². The van der Waals surface area contributed by atoms with Gasteiger partial charge in [0.25, 0.3) is 0 Å². The van der Waals surface area contributed by atoms with Gasteiger partial charge < -0.3 is 9.15 Å². The van der Waals surface area contributed by atoms with Crippen molar-refractivity contribution in [3.05, 3.63) is 110 Å². The minimum absolute atomic E-state index is 0.121. The number of hydrogen-bond donors (Lipinski definition) is 0. The maximum atomic E-state index is 6.56. The second-order valence-electron chi connectivity index (χ2n) is 8.11. The average molecular weight is 530 g/mol. The summed E-state index contributed by atoms with van der Waals surface area (Å²) < 4.78 is 12.6. The number of hydrogen-bond acceptors (Lipinski definition) is 4. The number of ether oxygens (including phenoxy) is 1. The molecule has 34 heavy (non-hydrogen) atoms. The van der Waals surface area contributed by atoms with Gasteiger partial charge in [0.2, 0.25) is 6.23 Å². The molecule has 1 aromatic heterocycles. The highest BCUT2D eigenvalue weighted by atomic mass is 35.5. The normalized spacial score (nSPS) is 18.8. The fraction of sp³-hybridized carbons (Fsp3) is 0.115. The maximum Gasteiger partial charge on any atom is 0.246 e. The molecular weight excluding hydrogens is 514 g/mol. The highest BCUT2D eigenvalue weighted by Gasteiger charge is 2.43. The SMILES string of the molecule is Clc1ccc(C2=NN3C(C2)c2cc(Cl)cc(Cl)c2OC3c2ccc(-c3ccccc3Cl)o2)cc1. The van der Waals surface area contributed by atoms with Crippen LogP contribution in [-0.2, 0) is 0 Å². The Hall–Kier alpha value is -2.63. The zero-order valence-corrected chi connectivity index (χ0v) is 20.5. The molecule has 3 heterocycles. The fourth-order valence-electron chi connectivity index (χ4n) is 4.41. The Morgan fingerprint density at radius 1 is 0.824 bits per heavy atom. The van der Waals surface area contributed by atoms with Crippen molar-refractivity contribution in [2.24, 2.45) is 5.10 Å². The van der Waals surface area contributed by atoms with E-state index in [0.717, 1.165) is 22.4 Å². The zero-order chi connectivity index (χ0) is 23.4. The van der Waals surface area contributed by atoms with Crippen LogP contribution in [0.2, 0.25) is 20.1 Å². The lowest BCUT2D eigenvalue weighted by molar-refractivity contribution is -0.0320. The second kappa shape index (κ2) is 8.54. The summed E-state index contributed by atoms with van der Waals surface area (Å²) in [5.74, 6) is 1.83. The van der Waals surface area contributed by atoms with E-state index < -0.39 is 6.23 Å². The van der Waals surface area contributed by atoms with E-state index in [1.54, 1.807) is 6.07 Å². The smallest absolute Gasteiger partial charge is 0.246 e. The first kappa shape index (κ1) is 21.9. The van der Waals surface area contributed by atoms with Crippen molar-refractivity contribution in [3.63, 3.8) is 0 Å². The quantitative estimate of drug-likeness (QED) is 0.266. The predicted octanol–water partition coefficient (Wildman–Crippen LogP) is 8.80. The largest absolute Gasteiger partial charge is 0.459 e. The average Bonchev–Trinajstić information content (AvgIpc) is 3.48. The van der Waals surface area contributed by atoms with Crippen molar-refractivity contribution in [2.75, 3.05) is 0 Å². The Bertz CT molecular complexity index is 1430. The summed E-state index contributed by atoms with van der Waals surface area (Å²) >= 11 is 25.4. The molecular formula is C26H16Cl4N2O2. The Kier molecular flexibility index (Phi) is 5.50. The number of benzene rings is 3. The standard InChI is InChI=1S/C26H16Cl4N2O2/c27-15-7-5-14(6-8-15)21-13-22-18-11-16(28)12-20(30)25(18)34-26(32(22)31-21)24-10-9-23(33-24)17-3-1-2-4-19(17)29/h1-12,22,26H,13H2. The number of halogens is 4. The molecule has 0 aliphatic carbocycles. The lowest BCUT2D eigenvalue weighted by Crippen LogP contribution is -2.33. The molecule has 0 fully saturated rings. The van der Waals surface area contributed by atoms with Gasteiger partial charge in [-0.3, -0.25) is 0 Å². The molecule has 0 radical (unpaired) electrons. The highest BCUT2D eigenvalue weighted by molar-refractivity contribution is 6.35. The van der Waals surface area contributed by atoms with Crippen molar-refractivity contribution < 1.29 is 9.15 Å². The van der Waals surface area contributed by atoms with Gasteiger partial charge in [-0.05, 0) is 54.1 Å². The Balaban J connectivity index is 1.44. The predicted molar refractivity (Wildman–Crippen MR) is 136 cm³/mol. The summed E-state index contributed by atoms with van der Waals surface area (Å²) in [6, 6.07) is 22.4. The molecule has 170 valence electrons. The third kappa shape index (κ3) is 3.75. The number of furan rings is 1. The van der Waals surface area contributed by atoms with Gasteiger partial charge in [-0.15, -0.1) is 0 Å². The van der Waals surface area contributed by atoms with Crippen molar-refractivity contribution in [1.29, 1.82) is 0 Å². The Morgan fingerprint density at radius 2 is 1.62 bits per heavy atom. The van der Waals surface area contributed by atoms with Crippen LogP contribution in [0.15, 0.2) is 82.3 Å². The van der Waals surface area contributed by atoms with Gasteiger partial charge in [0, 0.05) is 27.6 Å². The maximum absolute atomic E-state index is 6.56. The van der Waals surface area contributed by atoms with Crippen LogP contribution < -0.4 is 4.74 Å². The molecule has 8 heteroatoms. The molecule has 4 aromatic rings. The van der Waals surface area contributed by atoms with Crippen molar-refractivity contribution in [2.45, 2.75) is 18.7 Å². The fourth-order valence-corrected chi connectivity index (χ4v) is 5.32. The molecule has 2 atom stereocenters. The number of hydrazone groups is 1. The zero-order valence-electron chi connectivity index (χ0n) is 17.5. The molecule has 0 saturated heterocycles. The molecule has 2 aliphatic heterocycles. The first-order chi connectivity index (χ1) is 16.5. The van der Waals surface area contributed by atoms with Gasteiger partial charge in [-0.2, -0.15) is 5.10 Å². The molecule has 0 amide bonds. The van der Waals surface area contributed by atoms with E-state index in [0.29, 0.717) is 43.8 Å². The van der Waals surface area contributed by atoms with E-state index >= 15 is 0 Å². The summed E-state index contributed by atoms with van der Waals surface area (Å²) in [5, 5.41) is 9.12. The Labute approximate surface area is 216 Å². The summed E-state index contributed by atoms with van der Waals surface area (Å²) in [6.07, 6.45) is 0.0423. The monoisotopic (exact) mass is 528 g/mol. The highest BCUT2D eigenvalue weighted by Crippen LogP contribution is 2.51. The number of fused-ring (bicyclic) bond motifs is 3. The summed E-state index contributed by atoms with van der Waals surface area (Å²) in [5.41, 5.74) is 3.60. The van der Waals surface area contributed by atoms with Crippen molar-refractivity contribution in [3.8, 4) is 17.1 Å². The van der Waals surface area contributed by atoms with E-state index in [9.17, 15) is 0 Å². The lowest BCUT2D eigenvalue weighted by Gasteiger charge is -2.37. The topological polar surface area (TPSA) is 38.0 Å². The molecule has 4 nitrogen and oxygen atoms in total. The third-order valence-electron chi connectivity index (χ3n) is 6.00. The first-order valence-electron chi connectivity index (χ1n) is 10.6. The van der Waals surface area contributed by atoms with Gasteiger partial charge in [-0.1, -0.05) is 70.7 Å². The van der Waals surface area contributed by atoms with E-state index in [-0.39, 0.29) is 6.04 Å². The van der Waals surface area contributed by atoms with Crippen LogP contribution in [0.5, 0.6) is 5.75 Å². The van der Waals surface area contributed by atoms with E-state index in [4.69, 9.17) is 60.7 Å². The minimum atomic E-state index is -0.614. The lowest BCUT2D eigenvalue weighted by atomic mass is 9.96. The van der Waals surface area contributed by atoms with Crippen LogP contribution in [0.4, 0.5) is 0 Å². The van der Waals surface area contributed by atoms with E-state index in [1.807, 2.05) is 71.7 Å². The number of nitrogens with zero attached hydrogens (tertiary/aromatic N) is 2. The minimum Gasteiger partial charge on any atom is -0.459 e. The molecule has 6 rings (SSSR count). The van der Waals surface area contributed by atoms with Crippen molar-refractivity contribution >= 4 is 52.1 Å². The van der Waals surface area contributed by atoms with Crippen LogP contribution in [0.1, 0.15) is 35.6 Å². The second-order valence-corrected chi connectivity index (χ2v) is 9.80. The molecule has 0 spiro atoms. The summed E-state index contributed by atoms with van der Waals surface area (Å²) in [6.45, 7) is 0. The Morgan fingerprint density at radius 3 is 2.41 bits per heavy atom. The van der Waals surface area contributed by atoms with Crippen LogP contribution in [-0.4, -0.2) is 10.7 Å².